The van der Waals surface area contributed by atoms with Crippen LogP contribution in [0.25, 0.3) is 0 Å². The van der Waals surface area contributed by atoms with E-state index in [1.165, 1.54) is 0 Å². The van der Waals surface area contributed by atoms with Crippen molar-refractivity contribution < 1.29 is 32.7 Å². The fourth-order valence-electron chi connectivity index (χ4n) is 2.07. The third kappa shape index (κ3) is 15.1. The molecule has 0 fully saturated rings. The van der Waals surface area contributed by atoms with Gasteiger partial charge in [0.25, 0.3) is 5.97 Å². The van der Waals surface area contributed by atoms with E-state index in [1.807, 2.05) is 65.8 Å². The van der Waals surface area contributed by atoms with Gasteiger partial charge in [0.1, 0.15) is 5.57 Å². The molecule has 0 saturated heterocycles. The molecule has 0 aromatic rings. The average molecular weight is 523 g/mol. The fourth-order valence-corrected chi connectivity index (χ4v) is 5.57. The fraction of sp³-hybridized carbons (Fsp3) is 0.714. The van der Waals surface area contributed by atoms with Crippen molar-refractivity contribution in [2.24, 2.45) is 0 Å². The number of hydrogen-bond donors (Lipinski definition) is 1. The summed E-state index contributed by atoms with van der Waals surface area (Å²) in [5, 5.41) is 8.08. The van der Waals surface area contributed by atoms with E-state index in [2.05, 4.69) is 13.2 Å². The second-order valence-corrected chi connectivity index (χ2v) is 25.1. The first-order valence-electron chi connectivity index (χ1n) is 11.0. The Balaban J connectivity index is 0. The molecule has 0 amide bonds. The zero-order valence-corrected chi connectivity index (χ0v) is 27.3. The number of carboxylic acid groups (broad SMARTS) is 1. The Bertz CT molecular complexity index is 618. The van der Waals surface area contributed by atoms with Gasteiger partial charge in [0.2, 0.25) is 0 Å². The minimum atomic E-state index is -2.11. The van der Waals surface area contributed by atoms with Gasteiger partial charge in [0, 0.05) is 5.57 Å². The van der Waals surface area contributed by atoms with E-state index in [0.29, 0.717) is 6.42 Å². The third-order valence-electron chi connectivity index (χ3n) is 3.55. The molecule has 0 aromatic heterocycles. The molecule has 7 nitrogen and oxygen atoms in total. The smallest absolute Gasteiger partial charge is 0.341 e. The maximum absolute atomic E-state index is 12.7. The molecule has 1 atom stereocenters. The van der Waals surface area contributed by atoms with Crippen LogP contribution >= 0.6 is 0 Å². The van der Waals surface area contributed by atoms with Crippen molar-refractivity contribution in [2.45, 2.75) is 97.3 Å². The van der Waals surface area contributed by atoms with Crippen LogP contribution in [-0.2, 0) is 27.6 Å². The Morgan fingerprint density at radius 3 is 1.41 bits per heavy atom. The Morgan fingerprint density at radius 1 is 0.875 bits per heavy atom. The molecule has 0 aromatic carbocycles. The highest BCUT2D eigenvalue weighted by atomic mass is 28.4. The molecule has 32 heavy (non-hydrogen) atoms. The van der Waals surface area contributed by atoms with Gasteiger partial charge in [0.05, 0.1) is 16.0 Å². The predicted molar refractivity (Wildman–Crippen MR) is 142 cm³/mol. The van der Waals surface area contributed by atoms with E-state index in [-0.39, 0.29) is 16.9 Å². The Morgan fingerprint density at radius 2 is 1.22 bits per heavy atom. The number of hydrogen-bond acceptors (Lipinski definition) is 6. The molecule has 0 heterocycles. The molecular formula is C21H46O7Si4. The molecule has 0 radical (unpaired) electrons. The molecule has 1 unspecified atom stereocenters. The Labute approximate surface area is 201 Å². The first-order chi connectivity index (χ1) is 14.1. The SMILES string of the molecule is C=C(C(=O)OC([SiH3])CC)C(O[Si](C)(C)C)(O[Si](C)(C)C)O[Si](C)(C)C.C=C(CC)C(=O)O. The van der Waals surface area contributed by atoms with Gasteiger partial charge in [-0.2, -0.15) is 0 Å². The predicted octanol–water partition coefficient (Wildman–Crippen LogP) is 4.43. The van der Waals surface area contributed by atoms with Gasteiger partial charge < -0.3 is 23.1 Å². The van der Waals surface area contributed by atoms with Crippen molar-refractivity contribution in [2.75, 3.05) is 0 Å². The number of esters is 1. The molecule has 0 aliphatic carbocycles. The molecule has 0 spiro atoms. The quantitative estimate of drug-likeness (QED) is 0.175. The van der Waals surface area contributed by atoms with E-state index < -0.39 is 42.9 Å². The first-order valence-corrected chi connectivity index (χ1v) is 22.4. The first kappa shape index (κ1) is 33.3. The topological polar surface area (TPSA) is 91.3 Å². The molecule has 0 saturated carbocycles. The number of aliphatic carboxylic acids is 1. The van der Waals surface area contributed by atoms with Gasteiger partial charge in [-0.3, -0.25) is 0 Å². The highest BCUT2D eigenvalue weighted by Gasteiger charge is 2.50. The second kappa shape index (κ2) is 13.2. The Kier molecular flexibility index (Phi) is 13.7. The van der Waals surface area contributed by atoms with E-state index in [4.69, 9.17) is 23.1 Å². The minimum Gasteiger partial charge on any atom is -0.478 e. The van der Waals surface area contributed by atoms with Crippen LogP contribution in [0.15, 0.2) is 24.3 Å². The molecule has 11 heteroatoms. The summed E-state index contributed by atoms with van der Waals surface area (Å²) in [5.41, 5.74) is 0.321. The molecule has 0 aliphatic heterocycles. The average Bonchev–Trinajstić information content (AvgIpc) is 2.55. The van der Waals surface area contributed by atoms with E-state index in [1.54, 1.807) is 6.92 Å². The maximum atomic E-state index is 12.7. The van der Waals surface area contributed by atoms with Crippen LogP contribution < -0.4 is 0 Å². The lowest BCUT2D eigenvalue weighted by molar-refractivity contribution is -0.242. The normalized spacial score (nSPS) is 13.6. The summed E-state index contributed by atoms with van der Waals surface area (Å²) in [4.78, 5) is 22.6. The monoisotopic (exact) mass is 522 g/mol. The molecule has 0 aliphatic rings. The van der Waals surface area contributed by atoms with Crippen LogP contribution in [0.4, 0.5) is 0 Å². The van der Waals surface area contributed by atoms with Crippen LogP contribution in [0.1, 0.15) is 26.7 Å². The highest BCUT2D eigenvalue weighted by Crippen LogP contribution is 2.35. The van der Waals surface area contributed by atoms with Crippen molar-refractivity contribution in [1.82, 2.24) is 0 Å². The minimum absolute atomic E-state index is 0.0624. The van der Waals surface area contributed by atoms with E-state index in [0.717, 1.165) is 16.7 Å². The molecule has 0 bridgehead atoms. The zero-order valence-electron chi connectivity index (χ0n) is 22.3. The molecular weight excluding hydrogens is 477 g/mol. The largest absolute Gasteiger partial charge is 0.478 e. The van der Waals surface area contributed by atoms with Crippen LogP contribution in [0, 0.1) is 0 Å². The lowest BCUT2D eigenvalue weighted by Gasteiger charge is -2.45. The van der Waals surface area contributed by atoms with Crippen molar-refractivity contribution in [3.8, 4) is 0 Å². The summed E-state index contributed by atoms with van der Waals surface area (Å²) in [6.45, 7) is 29.4. The molecule has 1 N–H and O–H groups in total. The lowest BCUT2D eigenvalue weighted by Crippen LogP contribution is -2.58. The van der Waals surface area contributed by atoms with Crippen LogP contribution in [0.5, 0.6) is 0 Å². The standard InChI is InChI=1S/C16H38O5Si4.C5H8O2/c1-12-14(22)18-15(17)13(2)16(19-23(3,4)5,20-24(6,7)8)21-25(9,10)11;1-3-4(2)5(6)7/h14H,2,12H2,1,3-11,22H3;2-3H2,1H3,(H,6,7). The van der Waals surface area contributed by atoms with Gasteiger partial charge in [-0.1, -0.05) is 27.0 Å². The van der Waals surface area contributed by atoms with E-state index in [9.17, 15) is 9.59 Å². The summed E-state index contributed by atoms with van der Waals surface area (Å²) >= 11 is 0. The highest BCUT2D eigenvalue weighted by molar-refractivity contribution is 6.72. The Hall–Kier alpha value is -0.832. The maximum Gasteiger partial charge on any atom is 0.341 e. The second-order valence-electron chi connectivity index (χ2n) is 10.6. The summed E-state index contributed by atoms with van der Waals surface area (Å²) in [7, 11) is -5.58. The van der Waals surface area contributed by atoms with Crippen LogP contribution in [0.2, 0.25) is 58.9 Å². The van der Waals surface area contributed by atoms with Crippen molar-refractivity contribution >= 4 is 47.1 Å². The summed E-state index contributed by atoms with van der Waals surface area (Å²) in [6, 6.07) is 0. The number of carboxylic acids is 1. The van der Waals surface area contributed by atoms with Gasteiger partial charge in [-0.25, -0.2) is 9.59 Å². The number of rotatable bonds is 12. The van der Waals surface area contributed by atoms with E-state index >= 15 is 0 Å². The van der Waals surface area contributed by atoms with Crippen molar-refractivity contribution in [1.29, 1.82) is 0 Å². The molecule has 0 rings (SSSR count). The number of carbonyl (C=O) groups excluding carboxylic acids is 1. The summed E-state index contributed by atoms with van der Waals surface area (Å²) in [5.74, 6) is -2.94. The van der Waals surface area contributed by atoms with Crippen molar-refractivity contribution in [3.63, 3.8) is 0 Å². The number of carbonyl (C=O) groups is 2. The third-order valence-corrected chi connectivity index (χ3v) is 7.25. The van der Waals surface area contributed by atoms with Gasteiger partial charge >= 0.3 is 11.9 Å². The lowest BCUT2D eigenvalue weighted by atomic mass is 10.2. The summed E-state index contributed by atoms with van der Waals surface area (Å²) < 4.78 is 24.6. The van der Waals surface area contributed by atoms with Gasteiger partial charge in [-0.15, -0.1) is 0 Å². The van der Waals surface area contributed by atoms with Crippen LogP contribution in [0.3, 0.4) is 0 Å². The summed E-state index contributed by atoms with van der Waals surface area (Å²) in [6.07, 6.45) is 1.31. The van der Waals surface area contributed by atoms with Gasteiger partial charge in [-0.05, 0) is 71.8 Å². The number of ether oxygens (including phenoxy) is 1. The van der Waals surface area contributed by atoms with Crippen molar-refractivity contribution in [3.05, 3.63) is 24.3 Å². The molecule has 188 valence electrons. The van der Waals surface area contributed by atoms with Gasteiger partial charge in [0.15, 0.2) is 25.0 Å². The van der Waals surface area contributed by atoms with Crippen LogP contribution in [-0.4, -0.2) is 63.9 Å². The zero-order chi connectivity index (χ0) is 26.1.